The molecule has 1 saturated heterocycles. The number of thiazole rings is 1. The van der Waals surface area contributed by atoms with Crippen molar-refractivity contribution in [2.45, 2.75) is 31.3 Å². The zero-order chi connectivity index (χ0) is 13.7. The van der Waals surface area contributed by atoms with Gasteiger partial charge in [0.1, 0.15) is 11.2 Å². The third kappa shape index (κ3) is 4.20. The normalized spacial score (nSPS) is 23.6. The second-order valence-corrected chi connectivity index (χ2v) is 5.68. The van der Waals surface area contributed by atoms with Crippen molar-refractivity contribution >= 4 is 11.3 Å². The number of aliphatic hydroxyl groups excluding tert-OH is 1. The van der Waals surface area contributed by atoms with Gasteiger partial charge in [-0.05, 0) is 6.42 Å². The highest BCUT2D eigenvalue weighted by Gasteiger charge is 2.28. The molecule has 1 aliphatic heterocycles. The summed E-state index contributed by atoms with van der Waals surface area (Å²) in [7, 11) is 1.50. The van der Waals surface area contributed by atoms with Crippen molar-refractivity contribution < 1.29 is 9.84 Å². The molecule has 4 N–H and O–H groups in total. The molecule has 0 radical (unpaired) electrons. The fourth-order valence-electron chi connectivity index (χ4n) is 2.25. The van der Waals surface area contributed by atoms with Crippen LogP contribution in [-0.4, -0.2) is 54.1 Å². The maximum absolute atomic E-state index is 9.40. The van der Waals surface area contributed by atoms with Crippen LogP contribution < -0.4 is 11.1 Å². The second-order valence-electron chi connectivity index (χ2n) is 4.75. The molecule has 7 heteroatoms. The average Bonchev–Trinajstić information content (AvgIpc) is 3.06. The molecule has 1 aromatic rings. The molecule has 2 rings (SSSR count). The van der Waals surface area contributed by atoms with Crippen LogP contribution in [0.1, 0.15) is 24.0 Å². The summed E-state index contributed by atoms with van der Waals surface area (Å²) >= 11 is 1.63. The van der Waals surface area contributed by atoms with E-state index >= 15 is 0 Å². The molecule has 1 fully saturated rings. The number of nitrogens with two attached hydrogens (primary N) is 1. The number of nitrogens with zero attached hydrogens (tertiary/aromatic N) is 2. The summed E-state index contributed by atoms with van der Waals surface area (Å²) in [4.78, 5) is 6.69. The average molecular weight is 286 g/mol. The highest BCUT2D eigenvalue weighted by molar-refractivity contribution is 7.09. The number of likely N-dealkylation sites (tertiary alicyclic amines) is 1. The molecule has 1 aromatic heterocycles. The minimum Gasteiger partial charge on any atom is -0.368 e. The van der Waals surface area contributed by atoms with Crippen molar-refractivity contribution in [3.05, 3.63) is 16.6 Å². The van der Waals surface area contributed by atoms with E-state index in [1.807, 2.05) is 11.6 Å². The SMILES string of the molecule is COC(O)CCNC(c1nccs1)N1CCC(N)C1. The van der Waals surface area contributed by atoms with Crippen LogP contribution in [-0.2, 0) is 4.74 Å². The zero-order valence-electron chi connectivity index (χ0n) is 11.2. The number of rotatable bonds is 7. The van der Waals surface area contributed by atoms with E-state index in [1.54, 1.807) is 11.3 Å². The molecule has 2 heterocycles. The topological polar surface area (TPSA) is 83.6 Å². The van der Waals surface area contributed by atoms with Crippen LogP contribution in [0.4, 0.5) is 0 Å². The van der Waals surface area contributed by atoms with Gasteiger partial charge in [-0.3, -0.25) is 10.2 Å². The molecule has 3 atom stereocenters. The van der Waals surface area contributed by atoms with E-state index in [4.69, 9.17) is 10.5 Å². The predicted octanol–water partition coefficient (Wildman–Crippen LogP) is 0.119. The molecule has 0 spiro atoms. The summed E-state index contributed by atoms with van der Waals surface area (Å²) < 4.78 is 4.83. The minimum absolute atomic E-state index is 0.0811. The van der Waals surface area contributed by atoms with Gasteiger partial charge in [-0.15, -0.1) is 11.3 Å². The summed E-state index contributed by atoms with van der Waals surface area (Å²) in [6.07, 6.45) is 2.75. The summed E-state index contributed by atoms with van der Waals surface area (Å²) in [5, 5.41) is 15.8. The first kappa shape index (κ1) is 14.8. The van der Waals surface area contributed by atoms with Crippen LogP contribution in [0.5, 0.6) is 0 Å². The number of hydrogen-bond acceptors (Lipinski definition) is 7. The van der Waals surface area contributed by atoms with Gasteiger partial charge in [0.25, 0.3) is 0 Å². The number of aromatic nitrogens is 1. The minimum atomic E-state index is -0.717. The van der Waals surface area contributed by atoms with Crippen molar-refractivity contribution in [3.8, 4) is 0 Å². The highest BCUT2D eigenvalue weighted by atomic mass is 32.1. The Bertz CT molecular complexity index is 363. The van der Waals surface area contributed by atoms with E-state index in [1.165, 1.54) is 7.11 Å². The van der Waals surface area contributed by atoms with Gasteiger partial charge >= 0.3 is 0 Å². The van der Waals surface area contributed by atoms with Gasteiger partial charge in [-0.25, -0.2) is 4.98 Å². The van der Waals surface area contributed by atoms with Crippen LogP contribution in [0.2, 0.25) is 0 Å². The maximum atomic E-state index is 9.40. The second kappa shape index (κ2) is 7.28. The third-order valence-corrected chi connectivity index (χ3v) is 4.14. The molecule has 3 unspecified atom stereocenters. The Morgan fingerprint density at radius 2 is 2.58 bits per heavy atom. The number of ether oxygens (including phenoxy) is 1. The molecule has 6 nitrogen and oxygen atoms in total. The molecule has 0 aromatic carbocycles. The molecule has 0 amide bonds. The third-order valence-electron chi connectivity index (χ3n) is 3.31. The van der Waals surface area contributed by atoms with Gasteiger partial charge in [0, 0.05) is 50.8 Å². The lowest BCUT2D eigenvalue weighted by atomic mass is 10.3. The fraction of sp³-hybridized carbons (Fsp3) is 0.750. The quantitative estimate of drug-likeness (QED) is 0.618. The Balaban J connectivity index is 1.91. The van der Waals surface area contributed by atoms with Crippen LogP contribution in [0.25, 0.3) is 0 Å². The molecule has 0 bridgehead atoms. The smallest absolute Gasteiger partial charge is 0.155 e. The summed E-state index contributed by atoms with van der Waals surface area (Å²) in [6.45, 7) is 2.53. The van der Waals surface area contributed by atoms with Crippen LogP contribution >= 0.6 is 11.3 Å². The first-order chi connectivity index (χ1) is 9.20. The molecule has 0 aliphatic carbocycles. The molecule has 19 heavy (non-hydrogen) atoms. The van der Waals surface area contributed by atoms with Crippen LogP contribution in [0, 0.1) is 0 Å². The van der Waals surface area contributed by atoms with Gasteiger partial charge < -0.3 is 15.6 Å². The molecule has 1 aliphatic rings. The first-order valence-electron chi connectivity index (χ1n) is 6.54. The fourth-order valence-corrected chi connectivity index (χ4v) is 3.00. The van der Waals surface area contributed by atoms with Gasteiger partial charge in [-0.2, -0.15) is 0 Å². The molecular weight excluding hydrogens is 264 g/mol. The van der Waals surface area contributed by atoms with Gasteiger partial charge in [0.2, 0.25) is 0 Å². The predicted molar refractivity (Wildman–Crippen MR) is 74.7 cm³/mol. The molecular formula is C12H22N4O2S. The summed E-state index contributed by atoms with van der Waals surface area (Å²) in [6, 6.07) is 0.244. The lowest BCUT2D eigenvalue weighted by Crippen LogP contribution is -2.39. The van der Waals surface area contributed by atoms with Gasteiger partial charge in [-0.1, -0.05) is 0 Å². The van der Waals surface area contributed by atoms with Crippen molar-refractivity contribution in [3.63, 3.8) is 0 Å². The Hall–Kier alpha value is -0.570. The van der Waals surface area contributed by atoms with E-state index in [9.17, 15) is 5.11 Å². The number of aliphatic hydroxyl groups is 1. The van der Waals surface area contributed by atoms with Crippen molar-refractivity contribution in [2.75, 3.05) is 26.7 Å². The number of methoxy groups -OCH3 is 1. The molecule has 0 saturated carbocycles. The Morgan fingerprint density at radius 3 is 3.16 bits per heavy atom. The van der Waals surface area contributed by atoms with E-state index < -0.39 is 6.29 Å². The van der Waals surface area contributed by atoms with Gasteiger partial charge in [0.15, 0.2) is 6.29 Å². The van der Waals surface area contributed by atoms with E-state index in [0.717, 1.165) is 24.5 Å². The van der Waals surface area contributed by atoms with Crippen LogP contribution in [0.3, 0.4) is 0 Å². The van der Waals surface area contributed by atoms with Gasteiger partial charge in [0.05, 0.1) is 0 Å². The van der Waals surface area contributed by atoms with E-state index in [-0.39, 0.29) is 12.2 Å². The van der Waals surface area contributed by atoms with E-state index in [2.05, 4.69) is 15.2 Å². The van der Waals surface area contributed by atoms with Crippen molar-refractivity contribution in [1.29, 1.82) is 0 Å². The Kier molecular flexibility index (Phi) is 5.68. The Morgan fingerprint density at radius 1 is 1.74 bits per heavy atom. The maximum Gasteiger partial charge on any atom is 0.155 e. The standard InChI is InChI=1S/C12H22N4O2S/c1-18-10(17)2-4-14-11(12-15-5-7-19-12)16-6-3-9(13)8-16/h5,7,9-11,14,17H,2-4,6,8,13H2,1H3. The number of hydrogen-bond donors (Lipinski definition) is 3. The highest BCUT2D eigenvalue weighted by Crippen LogP contribution is 2.24. The van der Waals surface area contributed by atoms with E-state index in [0.29, 0.717) is 13.0 Å². The van der Waals surface area contributed by atoms with Crippen molar-refractivity contribution in [2.24, 2.45) is 5.73 Å². The number of nitrogens with one attached hydrogen (secondary N) is 1. The lowest BCUT2D eigenvalue weighted by Gasteiger charge is -2.27. The zero-order valence-corrected chi connectivity index (χ0v) is 12.0. The van der Waals surface area contributed by atoms with Crippen molar-refractivity contribution in [1.82, 2.24) is 15.2 Å². The lowest BCUT2D eigenvalue weighted by molar-refractivity contribution is -0.0783. The molecule has 108 valence electrons. The summed E-state index contributed by atoms with van der Waals surface area (Å²) in [5.74, 6) is 0. The largest absolute Gasteiger partial charge is 0.368 e. The summed E-state index contributed by atoms with van der Waals surface area (Å²) in [5.41, 5.74) is 5.97. The van der Waals surface area contributed by atoms with Crippen LogP contribution in [0.15, 0.2) is 11.6 Å². The monoisotopic (exact) mass is 286 g/mol. The Labute approximate surface area is 117 Å². The first-order valence-corrected chi connectivity index (χ1v) is 7.42.